The Balaban J connectivity index is 3.20. The van der Waals surface area contributed by atoms with E-state index in [0.717, 1.165) is 0 Å². The van der Waals surface area contributed by atoms with E-state index in [0.29, 0.717) is 10.2 Å². The first-order chi connectivity index (χ1) is 4.74. The van der Waals surface area contributed by atoms with Crippen LogP contribution in [0.3, 0.4) is 0 Å². The molecule has 0 unspecified atom stereocenters. The Hall–Kier alpha value is -0.610. The van der Waals surface area contributed by atoms with Gasteiger partial charge in [-0.25, -0.2) is 0 Å². The van der Waals surface area contributed by atoms with Crippen molar-refractivity contribution >= 4 is 15.9 Å². The van der Waals surface area contributed by atoms with Gasteiger partial charge in [0.25, 0.3) is 0 Å². The molecule has 0 saturated heterocycles. The molecule has 0 saturated carbocycles. The van der Waals surface area contributed by atoms with E-state index in [1.54, 1.807) is 6.20 Å². The number of nitrogens with one attached hydrogen (secondary N) is 1. The third-order valence-electron chi connectivity index (χ3n) is 1.18. The van der Waals surface area contributed by atoms with Gasteiger partial charge in [0.2, 0.25) is 0 Å². The summed E-state index contributed by atoms with van der Waals surface area (Å²) < 4.78 is 0.676. The minimum atomic E-state index is -0.0341. The van der Waals surface area contributed by atoms with Crippen LogP contribution in [0, 0.1) is 0 Å². The highest BCUT2D eigenvalue weighted by molar-refractivity contribution is 9.10. The molecule has 0 aromatic carbocycles. The van der Waals surface area contributed by atoms with Crippen LogP contribution in [-0.4, -0.2) is 4.98 Å². The third-order valence-corrected chi connectivity index (χ3v) is 1.64. The predicted octanol–water partition coefficient (Wildman–Crippen LogP) is 0.596. The number of aromatic amines is 1. The molecule has 3 nitrogen and oxygen atoms in total. The molecule has 1 aromatic rings. The maximum Gasteiger partial charge on any atom is 0.187 e. The maximum absolute atomic E-state index is 10.9. The smallest absolute Gasteiger partial charge is 0.187 e. The number of halogens is 1. The number of hydrogen-bond acceptors (Lipinski definition) is 2. The van der Waals surface area contributed by atoms with Crippen molar-refractivity contribution < 1.29 is 0 Å². The zero-order valence-corrected chi connectivity index (χ0v) is 6.81. The van der Waals surface area contributed by atoms with Crippen LogP contribution in [0.25, 0.3) is 0 Å². The normalized spacial score (nSPS) is 9.80. The van der Waals surface area contributed by atoms with E-state index < -0.39 is 0 Å². The van der Waals surface area contributed by atoms with Gasteiger partial charge < -0.3 is 10.7 Å². The molecule has 0 bridgehead atoms. The molecule has 0 aliphatic rings. The van der Waals surface area contributed by atoms with E-state index in [-0.39, 0.29) is 12.0 Å². The zero-order valence-electron chi connectivity index (χ0n) is 5.23. The Morgan fingerprint density at radius 1 is 1.70 bits per heavy atom. The number of rotatable bonds is 1. The van der Waals surface area contributed by atoms with Crippen LogP contribution in [0.5, 0.6) is 0 Å². The van der Waals surface area contributed by atoms with E-state index in [9.17, 15) is 4.79 Å². The quantitative estimate of drug-likeness (QED) is 0.656. The molecule has 0 aliphatic carbocycles. The van der Waals surface area contributed by atoms with Crippen molar-refractivity contribution in [1.82, 2.24) is 4.98 Å². The molecule has 10 heavy (non-hydrogen) atoms. The molecule has 1 heterocycles. The van der Waals surface area contributed by atoms with Gasteiger partial charge >= 0.3 is 0 Å². The summed E-state index contributed by atoms with van der Waals surface area (Å²) in [6, 6.07) is 1.46. The van der Waals surface area contributed by atoms with Gasteiger partial charge in [-0.1, -0.05) is 0 Å². The highest BCUT2D eigenvalue weighted by Crippen LogP contribution is 2.00. The second-order valence-corrected chi connectivity index (χ2v) is 2.73. The standard InChI is InChI=1S/C6H7BrN2O/c7-6-1-5(10)4(2-8)3-9-6/h1,3H,2,8H2,(H,9,10). The Bertz CT molecular complexity index is 281. The lowest BCUT2D eigenvalue weighted by Gasteiger charge is -1.93. The van der Waals surface area contributed by atoms with E-state index in [4.69, 9.17) is 5.73 Å². The largest absolute Gasteiger partial charge is 0.355 e. The molecular formula is C6H7BrN2O. The average Bonchev–Trinajstić information content (AvgIpc) is 1.88. The number of hydrogen-bond donors (Lipinski definition) is 2. The summed E-state index contributed by atoms with van der Waals surface area (Å²) in [6.45, 7) is 0.280. The Morgan fingerprint density at radius 2 is 2.40 bits per heavy atom. The summed E-state index contributed by atoms with van der Waals surface area (Å²) in [4.78, 5) is 13.8. The van der Waals surface area contributed by atoms with Crippen LogP contribution in [0.4, 0.5) is 0 Å². The van der Waals surface area contributed by atoms with Crippen LogP contribution in [0.15, 0.2) is 21.7 Å². The van der Waals surface area contributed by atoms with E-state index in [1.165, 1.54) is 6.07 Å². The highest BCUT2D eigenvalue weighted by Gasteiger charge is 1.95. The number of pyridine rings is 1. The molecule has 1 rings (SSSR count). The van der Waals surface area contributed by atoms with Crippen molar-refractivity contribution in [2.75, 3.05) is 0 Å². The summed E-state index contributed by atoms with van der Waals surface area (Å²) in [6.07, 6.45) is 1.60. The molecule has 3 N–H and O–H groups in total. The first-order valence-corrected chi connectivity index (χ1v) is 3.60. The Kier molecular flexibility index (Phi) is 2.24. The van der Waals surface area contributed by atoms with Gasteiger partial charge in [-0.05, 0) is 15.9 Å². The molecule has 0 amide bonds. The topological polar surface area (TPSA) is 58.9 Å². The fourth-order valence-electron chi connectivity index (χ4n) is 0.636. The van der Waals surface area contributed by atoms with Crippen molar-refractivity contribution in [3.8, 4) is 0 Å². The Labute approximate surface area is 66.4 Å². The molecular weight excluding hydrogens is 196 g/mol. The first-order valence-electron chi connectivity index (χ1n) is 2.81. The fourth-order valence-corrected chi connectivity index (χ4v) is 0.959. The molecule has 0 radical (unpaired) electrons. The van der Waals surface area contributed by atoms with Crippen molar-refractivity contribution in [2.45, 2.75) is 6.54 Å². The molecule has 0 aliphatic heterocycles. The first kappa shape index (κ1) is 7.50. The van der Waals surface area contributed by atoms with Gasteiger partial charge in [-0.3, -0.25) is 4.79 Å². The summed E-state index contributed by atoms with van der Waals surface area (Å²) >= 11 is 3.13. The van der Waals surface area contributed by atoms with Gasteiger partial charge in [-0.15, -0.1) is 0 Å². The van der Waals surface area contributed by atoms with Gasteiger partial charge in [0.05, 0.1) is 4.60 Å². The number of H-pyrrole nitrogens is 1. The van der Waals surface area contributed by atoms with Crippen molar-refractivity contribution in [1.29, 1.82) is 0 Å². The molecule has 0 atom stereocenters. The summed E-state index contributed by atoms with van der Waals surface area (Å²) in [5, 5.41) is 0. The summed E-state index contributed by atoms with van der Waals surface area (Å²) in [7, 11) is 0. The molecule has 4 heteroatoms. The molecule has 1 aromatic heterocycles. The van der Waals surface area contributed by atoms with Crippen molar-refractivity contribution in [3.05, 3.63) is 32.7 Å². The molecule has 0 spiro atoms. The van der Waals surface area contributed by atoms with Gasteiger partial charge in [0.15, 0.2) is 5.43 Å². The van der Waals surface area contributed by atoms with E-state index in [1.807, 2.05) is 0 Å². The van der Waals surface area contributed by atoms with Crippen LogP contribution in [0.1, 0.15) is 5.56 Å². The maximum atomic E-state index is 10.9. The third kappa shape index (κ3) is 1.46. The summed E-state index contributed by atoms with van der Waals surface area (Å²) in [5.41, 5.74) is 5.83. The van der Waals surface area contributed by atoms with Crippen molar-refractivity contribution in [3.63, 3.8) is 0 Å². The minimum absolute atomic E-state index is 0.0341. The molecule has 0 fully saturated rings. The highest BCUT2D eigenvalue weighted by atomic mass is 79.9. The van der Waals surface area contributed by atoms with Crippen LogP contribution in [-0.2, 0) is 6.54 Å². The van der Waals surface area contributed by atoms with Crippen molar-refractivity contribution in [2.24, 2.45) is 5.73 Å². The fraction of sp³-hybridized carbons (Fsp3) is 0.167. The van der Waals surface area contributed by atoms with E-state index >= 15 is 0 Å². The van der Waals surface area contributed by atoms with Gasteiger partial charge in [0.1, 0.15) is 0 Å². The van der Waals surface area contributed by atoms with Gasteiger partial charge in [-0.2, -0.15) is 0 Å². The van der Waals surface area contributed by atoms with Crippen LogP contribution < -0.4 is 11.2 Å². The average molecular weight is 203 g/mol. The zero-order chi connectivity index (χ0) is 7.56. The predicted molar refractivity (Wildman–Crippen MR) is 42.7 cm³/mol. The number of nitrogens with two attached hydrogens (primary N) is 1. The van der Waals surface area contributed by atoms with E-state index in [2.05, 4.69) is 20.9 Å². The Morgan fingerprint density at radius 3 is 2.90 bits per heavy atom. The monoisotopic (exact) mass is 202 g/mol. The number of aromatic nitrogens is 1. The SMILES string of the molecule is NCc1c[nH]c(Br)cc1=O. The lowest BCUT2D eigenvalue weighted by molar-refractivity contribution is 1.02. The second-order valence-electron chi connectivity index (χ2n) is 1.87. The van der Waals surface area contributed by atoms with Crippen LogP contribution >= 0.6 is 15.9 Å². The lowest BCUT2D eigenvalue weighted by Crippen LogP contribution is -2.12. The minimum Gasteiger partial charge on any atom is -0.355 e. The van der Waals surface area contributed by atoms with Crippen LogP contribution in [0.2, 0.25) is 0 Å². The molecule has 54 valence electrons. The summed E-state index contributed by atoms with van der Waals surface area (Å²) in [5.74, 6) is 0. The van der Waals surface area contributed by atoms with Gasteiger partial charge in [0, 0.05) is 24.4 Å². The lowest BCUT2D eigenvalue weighted by atomic mass is 10.3. The second kappa shape index (κ2) is 2.98.